The van der Waals surface area contributed by atoms with Crippen molar-refractivity contribution in [2.75, 3.05) is 18.1 Å². The Balaban J connectivity index is 1.85. The van der Waals surface area contributed by atoms with Crippen molar-refractivity contribution in [3.05, 3.63) is 35.4 Å². The number of rotatable bonds is 4. The Morgan fingerprint density at radius 1 is 1.50 bits per heavy atom. The molecule has 88 valence electrons. The van der Waals surface area contributed by atoms with Crippen molar-refractivity contribution in [1.82, 2.24) is 5.32 Å². The highest BCUT2D eigenvalue weighted by molar-refractivity contribution is 7.99. The van der Waals surface area contributed by atoms with Gasteiger partial charge in [-0.2, -0.15) is 11.8 Å². The summed E-state index contributed by atoms with van der Waals surface area (Å²) in [5, 5.41) is 3.65. The van der Waals surface area contributed by atoms with Crippen molar-refractivity contribution in [3.63, 3.8) is 0 Å². The van der Waals surface area contributed by atoms with E-state index in [1.165, 1.54) is 35.6 Å². The summed E-state index contributed by atoms with van der Waals surface area (Å²) in [7, 11) is 0. The van der Waals surface area contributed by atoms with E-state index in [1.54, 1.807) is 0 Å². The monoisotopic (exact) mass is 235 g/mol. The maximum atomic E-state index is 3.65. The molecule has 16 heavy (non-hydrogen) atoms. The lowest BCUT2D eigenvalue weighted by atomic mass is 10.0. The first-order chi connectivity index (χ1) is 7.75. The Morgan fingerprint density at radius 3 is 3.06 bits per heavy atom. The number of nitrogens with one attached hydrogen (secondary N) is 1. The first kappa shape index (κ1) is 12.0. The fourth-order valence-electron chi connectivity index (χ4n) is 2.15. The van der Waals surface area contributed by atoms with Gasteiger partial charge in [0.2, 0.25) is 0 Å². The summed E-state index contributed by atoms with van der Waals surface area (Å²) >= 11 is 2.09. The van der Waals surface area contributed by atoms with Crippen molar-refractivity contribution in [3.8, 4) is 0 Å². The molecular formula is C14H21NS. The Labute approximate surface area is 103 Å². The third kappa shape index (κ3) is 3.26. The van der Waals surface area contributed by atoms with Crippen molar-refractivity contribution >= 4 is 11.8 Å². The fourth-order valence-corrected chi connectivity index (χ4v) is 3.43. The molecule has 0 saturated carbocycles. The summed E-state index contributed by atoms with van der Waals surface area (Å²) in [5.74, 6) is 3.58. The molecule has 0 aliphatic carbocycles. The molecule has 1 aliphatic rings. The molecule has 0 aromatic heterocycles. The van der Waals surface area contributed by atoms with Crippen LogP contribution in [-0.2, 0) is 0 Å². The average molecular weight is 235 g/mol. The summed E-state index contributed by atoms with van der Waals surface area (Å²) in [6, 6.07) is 9.28. The van der Waals surface area contributed by atoms with Crippen LogP contribution < -0.4 is 5.32 Å². The van der Waals surface area contributed by atoms with Crippen molar-refractivity contribution in [2.45, 2.75) is 26.3 Å². The van der Waals surface area contributed by atoms with Crippen LogP contribution in [0.1, 0.15) is 30.5 Å². The van der Waals surface area contributed by atoms with Gasteiger partial charge in [0.15, 0.2) is 0 Å². The predicted molar refractivity (Wildman–Crippen MR) is 73.0 cm³/mol. The number of hydrogen-bond acceptors (Lipinski definition) is 2. The lowest BCUT2D eigenvalue weighted by Crippen LogP contribution is -2.25. The molecule has 1 fully saturated rings. The molecule has 2 heteroatoms. The van der Waals surface area contributed by atoms with Crippen LogP contribution in [0.25, 0.3) is 0 Å². The Hall–Kier alpha value is -0.470. The minimum Gasteiger partial charge on any atom is -0.310 e. The van der Waals surface area contributed by atoms with Crippen LogP contribution in [0.2, 0.25) is 0 Å². The highest BCUT2D eigenvalue weighted by atomic mass is 32.2. The molecule has 1 aliphatic heterocycles. The minimum atomic E-state index is 0.477. The third-order valence-corrected chi connectivity index (χ3v) is 4.51. The van der Waals surface area contributed by atoms with E-state index in [0.717, 1.165) is 5.92 Å². The number of benzene rings is 1. The molecule has 1 aromatic rings. The fraction of sp³-hybridized carbons (Fsp3) is 0.571. The van der Waals surface area contributed by atoms with Gasteiger partial charge in [0, 0.05) is 6.04 Å². The number of thioether (sulfide) groups is 1. The van der Waals surface area contributed by atoms with E-state index >= 15 is 0 Å². The van der Waals surface area contributed by atoms with E-state index < -0.39 is 0 Å². The van der Waals surface area contributed by atoms with Gasteiger partial charge in [0.25, 0.3) is 0 Å². The quantitative estimate of drug-likeness (QED) is 0.858. The van der Waals surface area contributed by atoms with Gasteiger partial charge >= 0.3 is 0 Å². The second kappa shape index (κ2) is 5.74. The molecule has 0 radical (unpaired) electrons. The number of aryl methyl sites for hydroxylation is 1. The summed E-state index contributed by atoms with van der Waals surface area (Å²) < 4.78 is 0. The lowest BCUT2D eigenvalue weighted by Gasteiger charge is -2.17. The molecule has 0 spiro atoms. The first-order valence-electron chi connectivity index (χ1n) is 6.13. The summed E-state index contributed by atoms with van der Waals surface area (Å²) in [6.45, 7) is 5.59. The molecule has 2 rings (SSSR count). The maximum absolute atomic E-state index is 3.65. The Bertz CT molecular complexity index is 331. The lowest BCUT2D eigenvalue weighted by molar-refractivity contribution is 0.477. The Kier molecular flexibility index (Phi) is 4.30. The second-order valence-corrected chi connectivity index (χ2v) is 5.92. The molecule has 0 bridgehead atoms. The minimum absolute atomic E-state index is 0.477. The van der Waals surface area contributed by atoms with Gasteiger partial charge in [0.1, 0.15) is 0 Å². The van der Waals surface area contributed by atoms with Crippen molar-refractivity contribution in [2.24, 2.45) is 5.92 Å². The van der Waals surface area contributed by atoms with E-state index in [2.05, 4.69) is 55.2 Å². The molecule has 2 atom stereocenters. The van der Waals surface area contributed by atoms with Gasteiger partial charge in [0.05, 0.1) is 0 Å². The predicted octanol–water partition coefficient (Wildman–Crippen LogP) is 3.40. The van der Waals surface area contributed by atoms with E-state index in [1.807, 2.05) is 0 Å². The molecule has 1 heterocycles. The standard InChI is InChI=1S/C14H21NS/c1-11-4-3-5-14(8-11)12(2)15-9-13-6-7-16-10-13/h3-5,8,12-13,15H,6-7,9-10H2,1-2H3/t12-,13?/m0/s1. The molecule has 0 amide bonds. The molecule has 1 saturated heterocycles. The van der Waals surface area contributed by atoms with Crippen LogP contribution in [0.5, 0.6) is 0 Å². The highest BCUT2D eigenvalue weighted by Crippen LogP contribution is 2.23. The van der Waals surface area contributed by atoms with Gasteiger partial charge in [-0.05, 0) is 49.8 Å². The van der Waals surface area contributed by atoms with Crippen LogP contribution in [0.3, 0.4) is 0 Å². The topological polar surface area (TPSA) is 12.0 Å². The van der Waals surface area contributed by atoms with Crippen LogP contribution in [0, 0.1) is 12.8 Å². The molecule has 1 N–H and O–H groups in total. The zero-order valence-electron chi connectivity index (χ0n) is 10.2. The van der Waals surface area contributed by atoms with Crippen LogP contribution in [0.15, 0.2) is 24.3 Å². The van der Waals surface area contributed by atoms with E-state index in [-0.39, 0.29) is 0 Å². The van der Waals surface area contributed by atoms with Gasteiger partial charge in [-0.1, -0.05) is 29.8 Å². The summed E-state index contributed by atoms with van der Waals surface area (Å²) in [5.41, 5.74) is 2.76. The zero-order valence-corrected chi connectivity index (χ0v) is 11.0. The zero-order chi connectivity index (χ0) is 11.4. The Morgan fingerprint density at radius 2 is 2.38 bits per heavy atom. The summed E-state index contributed by atoms with van der Waals surface area (Å²) in [4.78, 5) is 0. The molecule has 1 nitrogen and oxygen atoms in total. The average Bonchev–Trinajstić information content (AvgIpc) is 2.78. The van der Waals surface area contributed by atoms with Crippen molar-refractivity contribution < 1.29 is 0 Å². The van der Waals surface area contributed by atoms with E-state index in [9.17, 15) is 0 Å². The second-order valence-electron chi connectivity index (χ2n) is 4.77. The highest BCUT2D eigenvalue weighted by Gasteiger charge is 2.16. The van der Waals surface area contributed by atoms with Crippen LogP contribution >= 0.6 is 11.8 Å². The first-order valence-corrected chi connectivity index (χ1v) is 7.29. The molecule has 1 aromatic carbocycles. The van der Waals surface area contributed by atoms with Gasteiger partial charge < -0.3 is 5.32 Å². The van der Waals surface area contributed by atoms with Gasteiger partial charge in [-0.3, -0.25) is 0 Å². The van der Waals surface area contributed by atoms with Gasteiger partial charge in [-0.15, -0.1) is 0 Å². The third-order valence-electron chi connectivity index (χ3n) is 3.28. The van der Waals surface area contributed by atoms with Crippen molar-refractivity contribution in [1.29, 1.82) is 0 Å². The SMILES string of the molecule is Cc1cccc([C@H](C)NCC2CCSC2)c1. The largest absolute Gasteiger partial charge is 0.310 e. The van der Waals surface area contributed by atoms with E-state index in [4.69, 9.17) is 0 Å². The number of hydrogen-bond donors (Lipinski definition) is 1. The molecule has 1 unspecified atom stereocenters. The van der Waals surface area contributed by atoms with Gasteiger partial charge in [-0.25, -0.2) is 0 Å². The molecular weight excluding hydrogens is 214 g/mol. The normalized spacial score (nSPS) is 22.2. The van der Waals surface area contributed by atoms with Crippen LogP contribution in [-0.4, -0.2) is 18.1 Å². The van der Waals surface area contributed by atoms with Crippen LogP contribution in [0.4, 0.5) is 0 Å². The summed E-state index contributed by atoms with van der Waals surface area (Å²) in [6.07, 6.45) is 1.39. The van der Waals surface area contributed by atoms with E-state index in [0.29, 0.717) is 6.04 Å². The maximum Gasteiger partial charge on any atom is 0.0292 e. The smallest absolute Gasteiger partial charge is 0.0292 e.